The summed E-state index contributed by atoms with van der Waals surface area (Å²) in [6.07, 6.45) is 0. The van der Waals surface area contributed by atoms with Crippen LogP contribution in [0.3, 0.4) is 0 Å². The predicted octanol–water partition coefficient (Wildman–Crippen LogP) is 2.19. The van der Waals surface area contributed by atoms with E-state index < -0.39 is 0 Å². The Morgan fingerprint density at radius 2 is 2.00 bits per heavy atom. The summed E-state index contributed by atoms with van der Waals surface area (Å²) >= 11 is 0. The van der Waals surface area contributed by atoms with Crippen LogP contribution in [0.5, 0.6) is 0 Å². The Morgan fingerprint density at radius 3 is 2.76 bits per heavy atom. The summed E-state index contributed by atoms with van der Waals surface area (Å²) in [7, 11) is 1.58. The third kappa shape index (κ3) is 1.63. The summed E-state index contributed by atoms with van der Waals surface area (Å²) in [5, 5.41) is 1.06. The number of pyridine rings is 1. The van der Waals surface area contributed by atoms with Crippen molar-refractivity contribution in [2.75, 3.05) is 0 Å². The monoisotopic (exact) mass is 226 g/mol. The summed E-state index contributed by atoms with van der Waals surface area (Å²) in [4.78, 5) is 15.8. The Morgan fingerprint density at radius 1 is 1.18 bits per heavy atom. The molecule has 0 amide bonds. The van der Waals surface area contributed by atoms with Crippen molar-refractivity contribution in [1.82, 2.24) is 9.72 Å². The van der Waals surface area contributed by atoms with E-state index in [0.717, 1.165) is 10.9 Å². The van der Waals surface area contributed by atoms with Crippen molar-refractivity contribution in [3.05, 3.63) is 52.8 Å². The Bertz CT molecular complexity index is 740. The van der Waals surface area contributed by atoms with E-state index in [4.69, 9.17) is 4.52 Å². The molecule has 0 saturated heterocycles. The van der Waals surface area contributed by atoms with Crippen LogP contribution >= 0.6 is 0 Å². The number of fused-ring (bicyclic) bond motifs is 1. The van der Waals surface area contributed by atoms with Crippen LogP contribution in [0.1, 0.15) is 0 Å². The molecule has 0 saturated carbocycles. The van der Waals surface area contributed by atoms with Crippen LogP contribution in [-0.4, -0.2) is 9.72 Å². The summed E-state index contributed by atoms with van der Waals surface area (Å²) in [6, 6.07) is 13.1. The Hall–Kier alpha value is -2.36. The quantitative estimate of drug-likeness (QED) is 0.639. The second-order valence-electron chi connectivity index (χ2n) is 3.82. The molecule has 0 radical (unpaired) electrons. The summed E-state index contributed by atoms with van der Waals surface area (Å²) in [6.45, 7) is 0. The maximum absolute atomic E-state index is 11.3. The van der Waals surface area contributed by atoms with Crippen molar-refractivity contribution < 1.29 is 4.52 Å². The van der Waals surface area contributed by atoms with Crippen molar-refractivity contribution in [3.8, 4) is 11.5 Å². The smallest absolute Gasteiger partial charge is 0.282 e. The fourth-order valence-corrected chi connectivity index (χ4v) is 1.75. The van der Waals surface area contributed by atoms with Gasteiger partial charge in [-0.3, -0.25) is 4.79 Å². The van der Waals surface area contributed by atoms with E-state index in [1.165, 1.54) is 10.8 Å². The predicted molar refractivity (Wildman–Crippen MR) is 64.7 cm³/mol. The van der Waals surface area contributed by atoms with E-state index in [1.54, 1.807) is 7.05 Å². The van der Waals surface area contributed by atoms with Gasteiger partial charge >= 0.3 is 0 Å². The number of nitrogens with zero attached hydrogens (tertiary/aromatic N) is 2. The van der Waals surface area contributed by atoms with E-state index in [-0.39, 0.29) is 5.56 Å². The first-order valence-corrected chi connectivity index (χ1v) is 5.27. The number of aryl methyl sites for hydroxylation is 1. The molecule has 0 spiro atoms. The normalized spacial score (nSPS) is 10.9. The van der Waals surface area contributed by atoms with Gasteiger partial charge in [0.2, 0.25) is 0 Å². The lowest BCUT2D eigenvalue weighted by molar-refractivity contribution is 0.306. The first-order valence-electron chi connectivity index (χ1n) is 5.27. The van der Waals surface area contributed by atoms with Crippen LogP contribution in [-0.2, 0) is 7.05 Å². The molecule has 2 aromatic heterocycles. The minimum absolute atomic E-state index is 0.171. The number of hydrogen-bond donors (Lipinski definition) is 0. The lowest BCUT2D eigenvalue weighted by atomic mass is 10.2. The van der Waals surface area contributed by atoms with Crippen LogP contribution in [0.2, 0.25) is 0 Å². The van der Waals surface area contributed by atoms with Gasteiger partial charge in [-0.15, -0.1) is 0 Å². The highest BCUT2D eigenvalue weighted by molar-refractivity contribution is 5.80. The van der Waals surface area contributed by atoms with Gasteiger partial charge in [0.15, 0.2) is 5.76 Å². The van der Waals surface area contributed by atoms with Crippen LogP contribution in [0.25, 0.3) is 22.4 Å². The molecule has 4 nitrogen and oxygen atoms in total. The number of para-hydroxylation sites is 1. The molecule has 3 aromatic rings. The standard InChI is InChI=1S/C13H10N2O2/c1-15-13(16)8-12(17-15)11-7-6-9-4-2-3-5-10(9)14-11/h2-8H,1H3. The molecule has 1 aromatic carbocycles. The maximum atomic E-state index is 11.3. The van der Waals surface area contributed by atoms with Gasteiger partial charge in [-0.25, -0.2) is 4.98 Å². The number of benzene rings is 1. The highest BCUT2D eigenvalue weighted by atomic mass is 16.5. The van der Waals surface area contributed by atoms with E-state index >= 15 is 0 Å². The molecule has 0 aliphatic heterocycles. The zero-order valence-electron chi connectivity index (χ0n) is 9.25. The first kappa shape index (κ1) is 9.84. The average Bonchev–Trinajstić information content (AvgIpc) is 2.69. The molecule has 0 aliphatic rings. The molecule has 0 fully saturated rings. The molecule has 84 valence electrons. The summed E-state index contributed by atoms with van der Waals surface area (Å²) < 4.78 is 6.48. The fraction of sp³-hybridized carbons (Fsp3) is 0.0769. The van der Waals surface area contributed by atoms with Crippen LogP contribution in [0.4, 0.5) is 0 Å². The third-order valence-electron chi connectivity index (χ3n) is 2.65. The summed E-state index contributed by atoms with van der Waals surface area (Å²) in [5.74, 6) is 0.489. The Balaban J connectivity index is 2.21. The number of aromatic nitrogens is 2. The van der Waals surface area contributed by atoms with Gasteiger partial charge in [-0.1, -0.05) is 24.3 Å². The van der Waals surface area contributed by atoms with Gasteiger partial charge in [-0.05, 0) is 12.1 Å². The molecule has 0 N–H and O–H groups in total. The SMILES string of the molecule is Cn1oc(-c2ccc3ccccc3n2)cc1=O. The molecule has 17 heavy (non-hydrogen) atoms. The van der Waals surface area contributed by atoms with Gasteiger partial charge in [-0.2, -0.15) is 4.74 Å². The topological polar surface area (TPSA) is 48.0 Å². The van der Waals surface area contributed by atoms with Gasteiger partial charge in [0.25, 0.3) is 5.56 Å². The second-order valence-corrected chi connectivity index (χ2v) is 3.82. The number of rotatable bonds is 1. The van der Waals surface area contributed by atoms with Gasteiger partial charge in [0.05, 0.1) is 11.6 Å². The van der Waals surface area contributed by atoms with Crippen LogP contribution < -0.4 is 5.56 Å². The third-order valence-corrected chi connectivity index (χ3v) is 2.65. The molecule has 0 aliphatic carbocycles. The number of hydrogen-bond acceptors (Lipinski definition) is 3. The minimum Gasteiger partial charge on any atom is -0.374 e. The van der Waals surface area contributed by atoms with Crippen LogP contribution in [0, 0.1) is 0 Å². The zero-order chi connectivity index (χ0) is 11.8. The van der Waals surface area contributed by atoms with Crippen molar-refractivity contribution in [2.24, 2.45) is 7.05 Å². The van der Waals surface area contributed by atoms with Crippen molar-refractivity contribution in [1.29, 1.82) is 0 Å². The van der Waals surface area contributed by atoms with E-state index in [1.807, 2.05) is 36.4 Å². The minimum atomic E-state index is -0.171. The summed E-state index contributed by atoms with van der Waals surface area (Å²) in [5.41, 5.74) is 1.38. The molecule has 0 unspecified atom stereocenters. The van der Waals surface area contributed by atoms with Gasteiger partial charge in [0, 0.05) is 12.4 Å². The molecule has 0 atom stereocenters. The van der Waals surface area contributed by atoms with Gasteiger partial charge in [0.1, 0.15) is 5.69 Å². The molecule has 2 heterocycles. The average molecular weight is 226 g/mol. The van der Waals surface area contributed by atoms with Crippen LogP contribution in [0.15, 0.2) is 51.8 Å². The zero-order valence-corrected chi connectivity index (χ0v) is 9.25. The van der Waals surface area contributed by atoms with E-state index in [2.05, 4.69) is 4.98 Å². The molecular weight excluding hydrogens is 216 g/mol. The lowest BCUT2D eigenvalue weighted by Gasteiger charge is -1.99. The second kappa shape index (κ2) is 3.59. The Labute approximate surface area is 97.1 Å². The maximum Gasteiger partial charge on any atom is 0.282 e. The first-order chi connectivity index (χ1) is 8.24. The lowest BCUT2D eigenvalue weighted by Crippen LogP contribution is -2.06. The molecule has 0 bridgehead atoms. The highest BCUT2D eigenvalue weighted by Crippen LogP contribution is 2.19. The highest BCUT2D eigenvalue weighted by Gasteiger charge is 2.07. The van der Waals surface area contributed by atoms with E-state index in [9.17, 15) is 4.79 Å². The van der Waals surface area contributed by atoms with Crippen molar-refractivity contribution in [3.63, 3.8) is 0 Å². The van der Waals surface area contributed by atoms with Gasteiger partial charge < -0.3 is 4.52 Å². The van der Waals surface area contributed by atoms with Crippen molar-refractivity contribution >= 4 is 10.9 Å². The fourth-order valence-electron chi connectivity index (χ4n) is 1.75. The Kier molecular flexibility index (Phi) is 2.08. The van der Waals surface area contributed by atoms with Crippen molar-refractivity contribution in [2.45, 2.75) is 0 Å². The molecular formula is C13H10N2O2. The largest absolute Gasteiger partial charge is 0.374 e. The van der Waals surface area contributed by atoms with E-state index in [0.29, 0.717) is 11.5 Å². The molecule has 4 heteroatoms. The molecule has 3 rings (SSSR count).